The van der Waals surface area contributed by atoms with E-state index in [1.807, 2.05) is 4.68 Å². The zero-order valence-electron chi connectivity index (χ0n) is 12.9. The highest BCUT2D eigenvalue weighted by Gasteiger charge is 2.13. The maximum absolute atomic E-state index is 4.15. The smallest absolute Gasteiger partial charge is 0.170 e. The lowest BCUT2D eigenvalue weighted by Gasteiger charge is -2.13. The van der Waals surface area contributed by atoms with Crippen LogP contribution in [0.3, 0.4) is 0 Å². The van der Waals surface area contributed by atoms with Gasteiger partial charge in [0.25, 0.3) is 0 Å². The molecule has 2 rings (SSSR count). The van der Waals surface area contributed by atoms with Crippen LogP contribution in [-0.4, -0.2) is 26.8 Å². The first-order valence-corrected chi connectivity index (χ1v) is 7.05. The number of hydrogen-bond donors (Lipinski definition) is 1. The number of tetrazole rings is 1. The molecule has 2 aromatic rings. The van der Waals surface area contributed by atoms with Gasteiger partial charge in [-0.3, -0.25) is 0 Å². The summed E-state index contributed by atoms with van der Waals surface area (Å²) in [6.07, 6.45) is 0. The second-order valence-electron chi connectivity index (χ2n) is 5.78. The van der Waals surface area contributed by atoms with Crippen molar-refractivity contribution < 1.29 is 0 Å². The fourth-order valence-electron chi connectivity index (χ4n) is 2.47. The summed E-state index contributed by atoms with van der Waals surface area (Å²) in [5, 5.41) is 15.5. The number of hydrogen-bond acceptors (Lipinski definition) is 4. The second kappa shape index (κ2) is 6.13. The molecule has 0 saturated heterocycles. The Morgan fingerprint density at radius 2 is 1.80 bits per heavy atom. The largest absolute Gasteiger partial charge is 0.310 e. The Hall–Kier alpha value is -1.75. The minimum Gasteiger partial charge on any atom is -0.310 e. The lowest BCUT2D eigenvalue weighted by molar-refractivity contribution is 0.537. The van der Waals surface area contributed by atoms with E-state index in [1.54, 1.807) is 0 Å². The summed E-state index contributed by atoms with van der Waals surface area (Å²) < 4.78 is 1.84. The molecule has 0 atom stereocenters. The predicted molar refractivity (Wildman–Crippen MR) is 79.9 cm³/mol. The van der Waals surface area contributed by atoms with Crippen molar-refractivity contribution in [2.75, 3.05) is 6.54 Å². The summed E-state index contributed by atoms with van der Waals surface area (Å²) in [6.45, 7) is 12.3. The van der Waals surface area contributed by atoms with Crippen LogP contribution in [0.5, 0.6) is 0 Å². The molecule has 0 spiro atoms. The first-order valence-electron chi connectivity index (χ1n) is 7.05. The van der Waals surface area contributed by atoms with Crippen molar-refractivity contribution in [2.24, 2.45) is 5.92 Å². The van der Waals surface area contributed by atoms with Crippen LogP contribution >= 0.6 is 0 Å². The molecule has 1 heterocycles. The quantitative estimate of drug-likeness (QED) is 0.908. The van der Waals surface area contributed by atoms with Crippen molar-refractivity contribution in [3.63, 3.8) is 0 Å². The van der Waals surface area contributed by atoms with Gasteiger partial charge in [-0.15, -0.1) is 5.10 Å². The highest BCUT2D eigenvalue weighted by Crippen LogP contribution is 2.20. The second-order valence-corrected chi connectivity index (χ2v) is 5.78. The van der Waals surface area contributed by atoms with E-state index < -0.39 is 0 Å². The minimum absolute atomic E-state index is 0.613. The van der Waals surface area contributed by atoms with Crippen molar-refractivity contribution in [3.8, 4) is 5.69 Å². The van der Waals surface area contributed by atoms with E-state index >= 15 is 0 Å². The zero-order chi connectivity index (χ0) is 14.7. The van der Waals surface area contributed by atoms with E-state index in [0.29, 0.717) is 12.5 Å². The molecule has 0 aliphatic heterocycles. The number of aryl methyl sites for hydroxylation is 3. The molecule has 0 fully saturated rings. The third-order valence-corrected chi connectivity index (χ3v) is 3.22. The Morgan fingerprint density at radius 3 is 2.40 bits per heavy atom. The molecule has 0 radical (unpaired) electrons. The van der Waals surface area contributed by atoms with Gasteiger partial charge in [-0.2, -0.15) is 4.68 Å². The first kappa shape index (κ1) is 14.7. The van der Waals surface area contributed by atoms with Crippen molar-refractivity contribution in [1.29, 1.82) is 0 Å². The highest BCUT2D eigenvalue weighted by molar-refractivity contribution is 5.48. The minimum atomic E-state index is 0.613. The summed E-state index contributed by atoms with van der Waals surface area (Å²) in [6, 6.07) is 4.32. The number of benzene rings is 1. The lowest BCUT2D eigenvalue weighted by atomic mass is 10.1. The van der Waals surface area contributed by atoms with Gasteiger partial charge in [0.05, 0.1) is 12.2 Å². The normalized spacial score (nSPS) is 11.3. The predicted octanol–water partition coefficient (Wildman–Crippen LogP) is 2.33. The van der Waals surface area contributed by atoms with E-state index in [1.165, 1.54) is 16.7 Å². The van der Waals surface area contributed by atoms with Crippen LogP contribution in [0.15, 0.2) is 12.1 Å². The van der Waals surface area contributed by atoms with E-state index in [9.17, 15) is 0 Å². The molecule has 0 saturated carbocycles. The van der Waals surface area contributed by atoms with Gasteiger partial charge in [0.2, 0.25) is 0 Å². The van der Waals surface area contributed by atoms with E-state index in [4.69, 9.17) is 0 Å². The van der Waals surface area contributed by atoms with Gasteiger partial charge in [-0.05, 0) is 54.8 Å². The topological polar surface area (TPSA) is 55.6 Å². The lowest BCUT2D eigenvalue weighted by Crippen LogP contribution is -2.21. The van der Waals surface area contributed by atoms with E-state index in [0.717, 1.165) is 18.1 Å². The number of aromatic nitrogens is 4. The van der Waals surface area contributed by atoms with Crippen molar-refractivity contribution in [2.45, 2.75) is 41.2 Å². The summed E-state index contributed by atoms with van der Waals surface area (Å²) in [5.41, 5.74) is 4.73. The van der Waals surface area contributed by atoms with Crippen LogP contribution in [0.1, 0.15) is 36.4 Å². The molecule has 5 nitrogen and oxygen atoms in total. The van der Waals surface area contributed by atoms with Crippen LogP contribution in [-0.2, 0) is 6.54 Å². The van der Waals surface area contributed by atoms with Gasteiger partial charge < -0.3 is 5.32 Å². The molecule has 0 unspecified atom stereocenters. The molecule has 5 heteroatoms. The standard InChI is InChI=1S/C15H23N5/c1-10(2)8-16-9-14-17-18-19-20(14)15-12(4)6-11(3)7-13(15)5/h6-7,10,16H,8-9H2,1-5H3. The first-order chi connectivity index (χ1) is 9.49. The number of nitrogens with one attached hydrogen (secondary N) is 1. The maximum atomic E-state index is 4.15. The molecule has 20 heavy (non-hydrogen) atoms. The Balaban J connectivity index is 2.28. The fourth-order valence-corrected chi connectivity index (χ4v) is 2.47. The molecule has 0 bridgehead atoms. The summed E-state index contributed by atoms with van der Waals surface area (Å²) in [7, 11) is 0. The molecule has 0 amide bonds. The zero-order valence-corrected chi connectivity index (χ0v) is 12.9. The summed E-state index contributed by atoms with van der Waals surface area (Å²) >= 11 is 0. The fraction of sp³-hybridized carbons (Fsp3) is 0.533. The molecule has 0 aliphatic carbocycles. The van der Waals surface area contributed by atoms with Crippen LogP contribution in [0.2, 0.25) is 0 Å². The maximum Gasteiger partial charge on any atom is 0.170 e. The van der Waals surface area contributed by atoms with Gasteiger partial charge in [0, 0.05) is 0 Å². The average Bonchev–Trinajstić information content (AvgIpc) is 2.75. The Labute approximate surface area is 120 Å². The Kier molecular flexibility index (Phi) is 4.49. The van der Waals surface area contributed by atoms with Gasteiger partial charge in [-0.25, -0.2) is 0 Å². The van der Waals surface area contributed by atoms with Crippen molar-refractivity contribution in [3.05, 3.63) is 34.6 Å². The molecular formula is C15H23N5. The molecular weight excluding hydrogens is 250 g/mol. The molecule has 0 aliphatic rings. The number of rotatable bonds is 5. The molecule has 1 aromatic carbocycles. The van der Waals surface area contributed by atoms with Gasteiger partial charge in [0.15, 0.2) is 5.82 Å². The summed E-state index contributed by atoms with van der Waals surface area (Å²) in [4.78, 5) is 0. The van der Waals surface area contributed by atoms with Crippen LogP contribution in [0.25, 0.3) is 5.69 Å². The van der Waals surface area contributed by atoms with E-state index in [2.05, 4.69) is 67.6 Å². The van der Waals surface area contributed by atoms with Crippen LogP contribution < -0.4 is 5.32 Å². The van der Waals surface area contributed by atoms with Gasteiger partial charge >= 0.3 is 0 Å². The van der Waals surface area contributed by atoms with Crippen LogP contribution in [0, 0.1) is 26.7 Å². The average molecular weight is 273 g/mol. The Morgan fingerprint density at radius 1 is 1.15 bits per heavy atom. The monoisotopic (exact) mass is 273 g/mol. The molecule has 1 N–H and O–H groups in total. The van der Waals surface area contributed by atoms with Gasteiger partial charge in [0.1, 0.15) is 0 Å². The molecule has 1 aromatic heterocycles. The Bertz CT molecular complexity index is 563. The molecule has 108 valence electrons. The number of nitrogens with zero attached hydrogens (tertiary/aromatic N) is 4. The van der Waals surface area contributed by atoms with Crippen molar-refractivity contribution in [1.82, 2.24) is 25.5 Å². The third kappa shape index (κ3) is 3.22. The van der Waals surface area contributed by atoms with E-state index in [-0.39, 0.29) is 0 Å². The van der Waals surface area contributed by atoms with Gasteiger partial charge in [-0.1, -0.05) is 31.5 Å². The third-order valence-electron chi connectivity index (χ3n) is 3.22. The van der Waals surface area contributed by atoms with Crippen LogP contribution in [0.4, 0.5) is 0 Å². The highest BCUT2D eigenvalue weighted by atomic mass is 15.5. The SMILES string of the molecule is Cc1cc(C)c(-n2nnnc2CNCC(C)C)c(C)c1. The van der Waals surface area contributed by atoms with Crippen molar-refractivity contribution >= 4 is 0 Å². The summed E-state index contributed by atoms with van der Waals surface area (Å²) in [5.74, 6) is 1.46.